The first kappa shape index (κ1) is 20.4. The van der Waals surface area contributed by atoms with E-state index in [0.717, 1.165) is 0 Å². The molecule has 1 aromatic heterocycles. The van der Waals surface area contributed by atoms with E-state index in [1.165, 1.54) is 11.8 Å². The van der Waals surface area contributed by atoms with Crippen molar-refractivity contribution in [3.63, 3.8) is 0 Å². The van der Waals surface area contributed by atoms with Crippen LogP contribution in [0.3, 0.4) is 0 Å². The van der Waals surface area contributed by atoms with Crippen LogP contribution in [0.5, 0.6) is 5.88 Å². The molecule has 1 aliphatic heterocycles. The number of thioether (sulfide) groups is 1. The van der Waals surface area contributed by atoms with Gasteiger partial charge in [0, 0.05) is 17.3 Å². The highest BCUT2D eigenvalue weighted by Gasteiger charge is 2.45. The Hall–Kier alpha value is -2.90. The lowest BCUT2D eigenvalue weighted by Gasteiger charge is -2.33. The van der Waals surface area contributed by atoms with E-state index < -0.39 is 12.0 Å². The van der Waals surface area contributed by atoms with Crippen LogP contribution in [0.1, 0.15) is 25.1 Å². The number of amides is 1. The maximum Gasteiger partial charge on any atom is 0.294 e. The number of nitrogens with zero attached hydrogens (tertiary/aromatic N) is 4. The molecule has 1 atom stereocenters. The first-order valence-corrected chi connectivity index (χ1v) is 10.8. The molecule has 0 aliphatic carbocycles. The smallest absolute Gasteiger partial charge is 0.294 e. The Balaban J connectivity index is 2.05. The Labute approximate surface area is 183 Å². The predicted molar refractivity (Wildman–Crippen MR) is 115 cm³/mol. The van der Waals surface area contributed by atoms with Crippen LogP contribution < -0.4 is 14.7 Å². The fourth-order valence-electron chi connectivity index (χ4n) is 3.53. The number of carbonyl (C=O) groups is 1. The lowest BCUT2D eigenvalue weighted by molar-refractivity contribution is -0.764. The molecule has 0 saturated heterocycles. The Kier molecular flexibility index (Phi) is 5.74. The predicted octanol–water partition coefficient (Wildman–Crippen LogP) is 3.74. The number of fused-ring (bicyclic) bond motifs is 3. The van der Waals surface area contributed by atoms with E-state index in [0.29, 0.717) is 44.9 Å². The first-order chi connectivity index (χ1) is 14.6. The van der Waals surface area contributed by atoms with Gasteiger partial charge in [-0.05, 0) is 24.3 Å². The lowest BCUT2D eigenvalue weighted by atomic mass is 10.0. The van der Waals surface area contributed by atoms with Gasteiger partial charge >= 0.3 is 0 Å². The van der Waals surface area contributed by atoms with Crippen LogP contribution in [0.2, 0.25) is 5.02 Å². The summed E-state index contributed by atoms with van der Waals surface area (Å²) < 4.78 is 1.58. The minimum atomic E-state index is -0.699. The molecule has 8 heteroatoms. The maximum atomic E-state index is 13.1. The summed E-state index contributed by atoms with van der Waals surface area (Å²) >= 11 is 7.84. The van der Waals surface area contributed by atoms with Gasteiger partial charge in [-0.3, -0.25) is 4.79 Å². The molecule has 1 unspecified atom stereocenters. The molecule has 0 radical (unpaired) electrons. The highest BCUT2D eigenvalue weighted by molar-refractivity contribution is 7.99. The molecule has 152 valence electrons. The SMILES string of the molecule is C=CCSc1nc([O-])c2[n+](n1)C(c1ccccc1Cl)N(C(=O)CC)c1ccccc1-2. The summed E-state index contributed by atoms with van der Waals surface area (Å²) in [7, 11) is 0. The van der Waals surface area contributed by atoms with E-state index >= 15 is 0 Å². The minimum Gasteiger partial charge on any atom is -0.854 e. The molecule has 0 saturated carbocycles. The Morgan fingerprint density at radius 3 is 2.77 bits per heavy atom. The maximum absolute atomic E-state index is 13.1. The van der Waals surface area contributed by atoms with Gasteiger partial charge in [-0.15, -0.1) is 6.58 Å². The average Bonchev–Trinajstić information content (AvgIpc) is 2.76. The number of anilines is 1. The highest BCUT2D eigenvalue weighted by Crippen LogP contribution is 2.42. The van der Waals surface area contributed by atoms with Gasteiger partial charge < -0.3 is 5.11 Å². The largest absolute Gasteiger partial charge is 0.854 e. The van der Waals surface area contributed by atoms with Gasteiger partial charge in [0.25, 0.3) is 17.0 Å². The number of para-hydroxylation sites is 1. The van der Waals surface area contributed by atoms with Gasteiger partial charge in [0.2, 0.25) is 5.91 Å². The third-order valence-electron chi connectivity index (χ3n) is 4.80. The van der Waals surface area contributed by atoms with Crippen LogP contribution in [0, 0.1) is 0 Å². The lowest BCUT2D eigenvalue weighted by Crippen LogP contribution is -2.59. The van der Waals surface area contributed by atoms with Crippen molar-refractivity contribution in [1.29, 1.82) is 0 Å². The monoisotopic (exact) mass is 438 g/mol. The van der Waals surface area contributed by atoms with Gasteiger partial charge in [0.05, 0.1) is 27.7 Å². The molecule has 4 rings (SSSR count). The molecule has 3 aromatic rings. The van der Waals surface area contributed by atoms with Crippen molar-refractivity contribution in [2.45, 2.75) is 24.7 Å². The van der Waals surface area contributed by atoms with E-state index in [1.807, 2.05) is 36.4 Å². The van der Waals surface area contributed by atoms with E-state index in [1.54, 1.807) is 34.7 Å². The molecule has 0 bridgehead atoms. The molecular weight excluding hydrogens is 420 g/mol. The zero-order chi connectivity index (χ0) is 21.3. The number of carbonyl (C=O) groups excluding carboxylic acids is 1. The number of halogens is 1. The van der Waals surface area contributed by atoms with Gasteiger partial charge in [-0.25, -0.2) is 9.88 Å². The van der Waals surface area contributed by atoms with Gasteiger partial charge in [0.15, 0.2) is 0 Å². The van der Waals surface area contributed by atoms with E-state index in [-0.39, 0.29) is 5.91 Å². The quantitative estimate of drug-likeness (QED) is 0.344. The molecule has 30 heavy (non-hydrogen) atoms. The second-order valence-corrected chi connectivity index (χ2v) is 8.02. The second-order valence-electron chi connectivity index (χ2n) is 6.62. The third kappa shape index (κ3) is 3.44. The van der Waals surface area contributed by atoms with Crippen LogP contribution in [-0.2, 0) is 4.79 Å². The van der Waals surface area contributed by atoms with E-state index in [4.69, 9.17) is 11.6 Å². The summed E-state index contributed by atoms with van der Waals surface area (Å²) in [6.07, 6.45) is 1.31. The molecule has 0 fully saturated rings. The minimum absolute atomic E-state index is 0.100. The van der Waals surface area contributed by atoms with E-state index in [9.17, 15) is 9.90 Å². The number of rotatable bonds is 5. The van der Waals surface area contributed by atoms with Crippen molar-refractivity contribution in [1.82, 2.24) is 10.1 Å². The molecule has 0 N–H and O–H groups in total. The van der Waals surface area contributed by atoms with Crippen LogP contribution in [-0.4, -0.2) is 21.7 Å². The summed E-state index contributed by atoms with van der Waals surface area (Å²) in [5.74, 6) is 0.0607. The third-order valence-corrected chi connectivity index (χ3v) is 5.98. The summed E-state index contributed by atoms with van der Waals surface area (Å²) in [6.45, 7) is 5.51. The normalized spacial score (nSPS) is 14.7. The molecule has 2 heterocycles. The molecule has 6 nitrogen and oxygen atoms in total. The van der Waals surface area contributed by atoms with Crippen molar-refractivity contribution >= 4 is 35.0 Å². The van der Waals surface area contributed by atoms with Gasteiger partial charge in [0.1, 0.15) is 0 Å². The Morgan fingerprint density at radius 1 is 1.30 bits per heavy atom. The number of hydrogen-bond acceptors (Lipinski definition) is 5. The fraction of sp³-hybridized carbons (Fsp3) is 0.182. The van der Waals surface area contributed by atoms with Crippen molar-refractivity contribution < 1.29 is 14.6 Å². The van der Waals surface area contributed by atoms with Gasteiger partial charge in [-0.1, -0.05) is 65.3 Å². The Morgan fingerprint density at radius 2 is 2.03 bits per heavy atom. The Bertz CT molecular complexity index is 1140. The number of benzene rings is 2. The number of aromatic nitrogens is 3. The molecule has 2 aromatic carbocycles. The fourth-order valence-corrected chi connectivity index (χ4v) is 4.33. The zero-order valence-corrected chi connectivity index (χ0v) is 17.9. The molecule has 1 aliphatic rings. The summed E-state index contributed by atoms with van der Waals surface area (Å²) in [5.41, 5.74) is 2.27. The van der Waals surface area contributed by atoms with Crippen LogP contribution >= 0.6 is 23.4 Å². The van der Waals surface area contributed by atoms with Crippen LogP contribution in [0.25, 0.3) is 11.3 Å². The van der Waals surface area contributed by atoms with E-state index in [2.05, 4.69) is 16.7 Å². The second kappa shape index (κ2) is 8.45. The van der Waals surface area contributed by atoms with Crippen LogP contribution in [0.4, 0.5) is 5.69 Å². The van der Waals surface area contributed by atoms with Crippen molar-refractivity contribution in [2.24, 2.45) is 0 Å². The van der Waals surface area contributed by atoms with Crippen molar-refractivity contribution in [3.05, 3.63) is 71.8 Å². The van der Waals surface area contributed by atoms with Gasteiger partial charge in [-0.2, -0.15) is 0 Å². The number of hydrogen-bond donors (Lipinski definition) is 0. The molecule has 1 amide bonds. The topological polar surface area (TPSA) is 73.0 Å². The van der Waals surface area contributed by atoms with Crippen LogP contribution in [0.15, 0.2) is 66.3 Å². The zero-order valence-electron chi connectivity index (χ0n) is 16.3. The van der Waals surface area contributed by atoms with Crippen molar-refractivity contribution in [2.75, 3.05) is 10.7 Å². The molecule has 0 spiro atoms. The van der Waals surface area contributed by atoms with Crippen molar-refractivity contribution in [3.8, 4) is 17.1 Å². The first-order valence-electron chi connectivity index (χ1n) is 9.47. The standard InChI is InChI=1S/C22H19ClN4O2S/c1-3-13-30-22-24-20(29)19-15-10-6-8-12-17(15)26(18(28)4-2)21(27(19)25-22)14-9-5-7-11-16(14)23/h3,5-12,21H,1,4,13H2,2H3. The summed E-state index contributed by atoms with van der Waals surface area (Å²) in [5, 5.41) is 18.5. The average molecular weight is 439 g/mol. The summed E-state index contributed by atoms with van der Waals surface area (Å²) in [6, 6.07) is 14.6. The molecular formula is C22H19ClN4O2S. The highest BCUT2D eigenvalue weighted by atomic mass is 35.5. The summed E-state index contributed by atoms with van der Waals surface area (Å²) in [4.78, 5) is 18.9.